The number of nitrogens with zero attached hydrogens (tertiary/aromatic N) is 3. The molecular weight excluding hydrogens is 278 g/mol. The van der Waals surface area contributed by atoms with Gasteiger partial charge < -0.3 is 5.11 Å². The van der Waals surface area contributed by atoms with Gasteiger partial charge in [-0.25, -0.2) is 0 Å². The van der Waals surface area contributed by atoms with Crippen LogP contribution in [0.15, 0.2) is 0 Å². The van der Waals surface area contributed by atoms with Gasteiger partial charge >= 0.3 is 5.97 Å². The first kappa shape index (κ1) is 13.9. The number of fused-ring (bicyclic) bond motifs is 2. The first-order valence-electron chi connectivity index (χ1n) is 7.23. The van der Waals surface area contributed by atoms with Crippen LogP contribution in [0.25, 0.3) is 0 Å². The fourth-order valence-electron chi connectivity index (χ4n) is 3.81. The monoisotopic (exact) mass is 297 g/mol. The van der Waals surface area contributed by atoms with Gasteiger partial charge in [0.25, 0.3) is 0 Å². The summed E-state index contributed by atoms with van der Waals surface area (Å²) >= 11 is 6.36. The largest absolute Gasteiger partial charge is 0.481 e. The molecule has 1 aromatic rings. The Bertz CT molecular complexity index is 543. The lowest BCUT2D eigenvalue weighted by Crippen LogP contribution is -2.33. The van der Waals surface area contributed by atoms with Crippen molar-refractivity contribution in [3.63, 3.8) is 0 Å². The van der Waals surface area contributed by atoms with E-state index in [2.05, 4.69) is 10.00 Å². The molecule has 6 heteroatoms. The lowest BCUT2D eigenvalue weighted by atomic mass is 9.89. The zero-order chi connectivity index (χ0) is 14.4. The molecule has 0 aromatic carbocycles. The summed E-state index contributed by atoms with van der Waals surface area (Å²) in [5, 5.41) is 14.5. The average molecular weight is 298 g/mol. The summed E-state index contributed by atoms with van der Waals surface area (Å²) in [6.07, 6.45) is 2.86. The van der Waals surface area contributed by atoms with Gasteiger partial charge in [-0.3, -0.25) is 14.4 Å². The van der Waals surface area contributed by atoms with E-state index >= 15 is 0 Å². The van der Waals surface area contributed by atoms with Gasteiger partial charge in [-0.05, 0) is 33.1 Å². The molecule has 0 aliphatic carbocycles. The number of rotatable bonds is 4. The smallest absolute Gasteiger partial charge is 0.308 e. The second kappa shape index (κ2) is 5.04. The molecule has 5 nitrogen and oxygen atoms in total. The molecule has 110 valence electrons. The van der Waals surface area contributed by atoms with Crippen LogP contribution >= 0.6 is 11.6 Å². The minimum atomic E-state index is -0.659. The van der Waals surface area contributed by atoms with E-state index in [1.54, 1.807) is 0 Å². The van der Waals surface area contributed by atoms with E-state index in [4.69, 9.17) is 11.6 Å². The van der Waals surface area contributed by atoms with Gasteiger partial charge in [-0.15, -0.1) is 0 Å². The van der Waals surface area contributed by atoms with Crippen LogP contribution in [0.1, 0.15) is 37.6 Å². The molecule has 1 aromatic heterocycles. The molecule has 0 radical (unpaired) electrons. The van der Waals surface area contributed by atoms with E-state index in [-0.39, 0.29) is 12.0 Å². The number of hydrogen-bond donors (Lipinski definition) is 1. The Kier molecular flexibility index (Phi) is 3.50. The predicted molar refractivity (Wildman–Crippen MR) is 75.7 cm³/mol. The van der Waals surface area contributed by atoms with Crippen molar-refractivity contribution in [2.75, 3.05) is 0 Å². The normalized spacial score (nSPS) is 29.2. The molecule has 2 aliphatic rings. The molecule has 2 bridgehead atoms. The quantitative estimate of drug-likeness (QED) is 0.926. The summed E-state index contributed by atoms with van der Waals surface area (Å²) in [5.74, 6) is -0.875. The molecule has 2 aliphatic heterocycles. The highest BCUT2D eigenvalue weighted by atomic mass is 35.5. The highest BCUT2D eigenvalue weighted by Crippen LogP contribution is 2.43. The minimum Gasteiger partial charge on any atom is -0.481 e. The first-order chi connectivity index (χ1) is 9.52. The average Bonchev–Trinajstić information content (AvgIpc) is 3.05. The zero-order valence-electron chi connectivity index (χ0n) is 11.8. The molecule has 2 fully saturated rings. The second-order valence-electron chi connectivity index (χ2n) is 5.81. The summed E-state index contributed by atoms with van der Waals surface area (Å²) < 4.78 is 1.94. The summed E-state index contributed by atoms with van der Waals surface area (Å²) in [6, 6.07) is 0.548. The van der Waals surface area contributed by atoms with Gasteiger partial charge in [0.1, 0.15) is 0 Å². The van der Waals surface area contributed by atoms with Crippen molar-refractivity contribution >= 4 is 17.6 Å². The highest BCUT2D eigenvalue weighted by Gasteiger charge is 2.49. The second-order valence-corrected chi connectivity index (χ2v) is 6.19. The van der Waals surface area contributed by atoms with Crippen LogP contribution < -0.4 is 0 Å². The van der Waals surface area contributed by atoms with E-state index in [0.717, 1.165) is 42.2 Å². The molecule has 3 heterocycles. The third kappa shape index (κ3) is 2.04. The molecule has 0 saturated carbocycles. The van der Waals surface area contributed by atoms with Gasteiger partial charge in [-0.1, -0.05) is 11.6 Å². The molecule has 2 saturated heterocycles. The maximum absolute atomic E-state index is 11.3. The number of hydrogen-bond acceptors (Lipinski definition) is 3. The number of halogens is 1. The summed E-state index contributed by atoms with van der Waals surface area (Å²) in [4.78, 5) is 13.6. The lowest BCUT2D eigenvalue weighted by Gasteiger charge is -2.23. The maximum Gasteiger partial charge on any atom is 0.308 e. The molecule has 0 spiro atoms. The van der Waals surface area contributed by atoms with Gasteiger partial charge in [0.15, 0.2) is 0 Å². The van der Waals surface area contributed by atoms with Crippen molar-refractivity contribution < 1.29 is 9.90 Å². The number of aliphatic carboxylic acids is 1. The number of carboxylic acids is 1. The highest BCUT2D eigenvalue weighted by molar-refractivity contribution is 6.31. The number of carbonyl (C=O) groups is 1. The Morgan fingerprint density at radius 1 is 1.50 bits per heavy atom. The molecule has 20 heavy (non-hydrogen) atoms. The van der Waals surface area contributed by atoms with Crippen LogP contribution in [0.3, 0.4) is 0 Å². The van der Waals surface area contributed by atoms with E-state index in [1.807, 2.05) is 18.5 Å². The van der Waals surface area contributed by atoms with Crippen LogP contribution in [0.4, 0.5) is 0 Å². The van der Waals surface area contributed by atoms with Crippen molar-refractivity contribution in [2.45, 2.75) is 58.3 Å². The zero-order valence-corrected chi connectivity index (χ0v) is 12.6. The summed E-state index contributed by atoms with van der Waals surface area (Å²) in [6.45, 7) is 5.46. The number of carboxylic acid groups (broad SMARTS) is 1. The van der Waals surface area contributed by atoms with Gasteiger partial charge in [0.2, 0.25) is 0 Å². The number of aryl methyl sites for hydroxylation is 2. The van der Waals surface area contributed by atoms with Crippen molar-refractivity contribution in [2.24, 2.45) is 5.92 Å². The Morgan fingerprint density at radius 2 is 2.25 bits per heavy atom. The third-order valence-electron chi connectivity index (χ3n) is 4.78. The van der Waals surface area contributed by atoms with Crippen molar-refractivity contribution in [1.29, 1.82) is 0 Å². The SMILES string of the molecule is CCn1nc(C)c(Cl)c1CN1C2CCC1C(C(=O)O)C2. The Morgan fingerprint density at radius 3 is 2.85 bits per heavy atom. The molecule has 3 atom stereocenters. The third-order valence-corrected chi connectivity index (χ3v) is 5.28. The van der Waals surface area contributed by atoms with Crippen LogP contribution in [0, 0.1) is 12.8 Å². The Hall–Kier alpha value is -1.07. The fourth-order valence-corrected chi connectivity index (χ4v) is 4.00. The number of aromatic nitrogens is 2. The minimum absolute atomic E-state index is 0.161. The summed E-state index contributed by atoms with van der Waals surface area (Å²) in [7, 11) is 0. The Labute approximate surface area is 123 Å². The lowest BCUT2D eigenvalue weighted by molar-refractivity contribution is -0.142. The molecular formula is C14H20ClN3O2. The fraction of sp³-hybridized carbons (Fsp3) is 0.714. The maximum atomic E-state index is 11.3. The van der Waals surface area contributed by atoms with E-state index in [1.165, 1.54) is 0 Å². The molecule has 0 amide bonds. The predicted octanol–water partition coefficient (Wildman–Crippen LogP) is 2.30. The molecule has 1 N–H and O–H groups in total. The van der Waals surface area contributed by atoms with Crippen molar-refractivity contribution in [3.8, 4) is 0 Å². The van der Waals surface area contributed by atoms with E-state index in [0.29, 0.717) is 12.6 Å². The van der Waals surface area contributed by atoms with Crippen LogP contribution in [-0.4, -0.2) is 37.8 Å². The van der Waals surface area contributed by atoms with Crippen LogP contribution in [0.2, 0.25) is 5.02 Å². The van der Waals surface area contributed by atoms with Crippen molar-refractivity contribution in [3.05, 3.63) is 16.4 Å². The van der Waals surface area contributed by atoms with Crippen molar-refractivity contribution in [1.82, 2.24) is 14.7 Å². The summed E-state index contributed by atoms with van der Waals surface area (Å²) in [5.41, 5.74) is 1.87. The van der Waals surface area contributed by atoms with Gasteiger partial charge in [0, 0.05) is 25.2 Å². The standard InChI is InChI=1S/C14H20ClN3O2/c1-3-18-12(13(15)8(2)16-18)7-17-9-4-5-11(17)10(6-9)14(19)20/h9-11H,3-7H2,1-2H3,(H,19,20). The van der Waals surface area contributed by atoms with Gasteiger partial charge in [0.05, 0.1) is 22.3 Å². The topological polar surface area (TPSA) is 58.4 Å². The van der Waals surface area contributed by atoms with E-state index in [9.17, 15) is 9.90 Å². The van der Waals surface area contributed by atoms with Crippen LogP contribution in [0.5, 0.6) is 0 Å². The molecule has 3 unspecified atom stereocenters. The first-order valence-corrected chi connectivity index (χ1v) is 7.61. The molecule has 3 rings (SSSR count). The van der Waals surface area contributed by atoms with E-state index < -0.39 is 5.97 Å². The van der Waals surface area contributed by atoms with Crippen LogP contribution in [-0.2, 0) is 17.9 Å². The Balaban J connectivity index is 1.84. The van der Waals surface area contributed by atoms with Gasteiger partial charge in [-0.2, -0.15) is 5.10 Å².